The van der Waals surface area contributed by atoms with Gasteiger partial charge in [0.05, 0.1) is 11.8 Å². The Balaban J connectivity index is 2.77. The highest BCUT2D eigenvalue weighted by Gasteiger charge is 2.37. The van der Waals surface area contributed by atoms with E-state index in [0.29, 0.717) is 0 Å². The number of ether oxygens (including phenoxy) is 1. The topological polar surface area (TPSA) is 43.4 Å². The number of esters is 2. The van der Waals surface area contributed by atoms with Gasteiger partial charge in [0.1, 0.15) is 0 Å². The molecule has 3 nitrogen and oxygen atoms in total. The Labute approximate surface area is 53.0 Å². The quantitative estimate of drug-likeness (QED) is 0.349. The molecule has 1 saturated heterocycles. The zero-order valence-electron chi connectivity index (χ0n) is 5.38. The lowest BCUT2D eigenvalue weighted by molar-refractivity contribution is -0.153. The van der Waals surface area contributed by atoms with Gasteiger partial charge in [-0.05, 0) is 0 Å². The van der Waals surface area contributed by atoms with Gasteiger partial charge >= 0.3 is 11.9 Å². The summed E-state index contributed by atoms with van der Waals surface area (Å²) in [6.45, 7) is 3.38. The maximum atomic E-state index is 10.6. The van der Waals surface area contributed by atoms with Crippen LogP contribution in [-0.2, 0) is 14.3 Å². The van der Waals surface area contributed by atoms with Gasteiger partial charge in [-0.2, -0.15) is 0 Å². The maximum absolute atomic E-state index is 10.6. The van der Waals surface area contributed by atoms with Crippen LogP contribution in [0.2, 0.25) is 0 Å². The number of cyclic esters (lactones) is 2. The molecule has 2 atom stereocenters. The summed E-state index contributed by atoms with van der Waals surface area (Å²) < 4.78 is 4.31. The number of carbonyl (C=O) groups excluding carboxylic acids is 2. The average Bonchev–Trinajstić information content (AvgIpc) is 1.98. The van der Waals surface area contributed by atoms with E-state index in [1.165, 1.54) is 0 Å². The summed E-state index contributed by atoms with van der Waals surface area (Å²) in [6.07, 6.45) is 0. The van der Waals surface area contributed by atoms with Gasteiger partial charge in [0.15, 0.2) is 0 Å². The fourth-order valence-electron chi connectivity index (χ4n) is 0.693. The molecule has 1 aliphatic heterocycles. The van der Waals surface area contributed by atoms with Gasteiger partial charge in [-0.1, -0.05) is 13.8 Å². The van der Waals surface area contributed by atoms with Gasteiger partial charge in [0, 0.05) is 0 Å². The lowest BCUT2D eigenvalue weighted by atomic mass is 10.00. The van der Waals surface area contributed by atoms with Crippen LogP contribution in [0.3, 0.4) is 0 Å². The third kappa shape index (κ3) is 0.823. The van der Waals surface area contributed by atoms with Gasteiger partial charge in [-0.25, -0.2) is 0 Å². The van der Waals surface area contributed by atoms with Crippen LogP contribution in [0.4, 0.5) is 0 Å². The molecule has 1 fully saturated rings. The molecule has 0 aromatic carbocycles. The summed E-state index contributed by atoms with van der Waals surface area (Å²) >= 11 is 0. The molecule has 0 aromatic rings. The molecule has 0 saturated carbocycles. The van der Waals surface area contributed by atoms with Crippen molar-refractivity contribution >= 4 is 11.9 Å². The van der Waals surface area contributed by atoms with Crippen LogP contribution >= 0.6 is 0 Å². The predicted octanol–water partition coefficient (Wildman–Crippen LogP) is 0.342. The van der Waals surface area contributed by atoms with E-state index in [2.05, 4.69) is 4.74 Å². The Bertz CT molecular complexity index is 144. The molecule has 1 aliphatic rings. The lowest BCUT2D eigenvalue weighted by Crippen LogP contribution is -2.09. The highest BCUT2D eigenvalue weighted by atomic mass is 16.6. The first kappa shape index (κ1) is 6.26. The minimum Gasteiger partial charge on any atom is -0.393 e. The smallest absolute Gasteiger partial charge is 0.317 e. The molecular weight excluding hydrogens is 120 g/mol. The standard InChI is InChI=1S/C6H8O3/c1-3-4(2)6(8)9-5(3)7/h3-4H,1-2H3/t3-,4-/m1/s1. The summed E-state index contributed by atoms with van der Waals surface area (Å²) in [7, 11) is 0. The molecule has 0 aliphatic carbocycles. The summed E-state index contributed by atoms with van der Waals surface area (Å²) in [5.41, 5.74) is 0. The fourth-order valence-corrected chi connectivity index (χ4v) is 0.693. The molecule has 0 spiro atoms. The van der Waals surface area contributed by atoms with E-state index in [4.69, 9.17) is 0 Å². The number of carbonyl (C=O) groups is 2. The van der Waals surface area contributed by atoms with Crippen LogP contribution in [0.5, 0.6) is 0 Å². The average molecular weight is 128 g/mol. The van der Waals surface area contributed by atoms with Crippen LogP contribution in [0, 0.1) is 11.8 Å². The molecule has 0 bridgehead atoms. The van der Waals surface area contributed by atoms with Crippen LogP contribution in [0.1, 0.15) is 13.8 Å². The van der Waals surface area contributed by atoms with Crippen molar-refractivity contribution in [2.75, 3.05) is 0 Å². The summed E-state index contributed by atoms with van der Waals surface area (Å²) in [6, 6.07) is 0. The minimum absolute atomic E-state index is 0.252. The molecule has 1 rings (SSSR count). The lowest BCUT2D eigenvalue weighted by Gasteiger charge is -1.96. The normalized spacial score (nSPS) is 34.9. The minimum atomic E-state index is -0.396. The van der Waals surface area contributed by atoms with Crippen molar-refractivity contribution in [1.29, 1.82) is 0 Å². The molecule has 9 heavy (non-hydrogen) atoms. The largest absolute Gasteiger partial charge is 0.393 e. The summed E-state index contributed by atoms with van der Waals surface area (Å²) in [5.74, 6) is -1.30. The van der Waals surface area contributed by atoms with E-state index >= 15 is 0 Å². The van der Waals surface area contributed by atoms with E-state index in [1.807, 2.05) is 0 Å². The van der Waals surface area contributed by atoms with Gasteiger partial charge in [-0.15, -0.1) is 0 Å². The third-order valence-electron chi connectivity index (χ3n) is 1.69. The first-order valence-corrected chi connectivity index (χ1v) is 2.88. The Morgan fingerprint density at radius 1 is 1.11 bits per heavy atom. The van der Waals surface area contributed by atoms with Crippen LogP contribution in [-0.4, -0.2) is 11.9 Å². The maximum Gasteiger partial charge on any atom is 0.317 e. The first-order valence-electron chi connectivity index (χ1n) is 2.88. The van der Waals surface area contributed by atoms with Gasteiger partial charge in [-0.3, -0.25) is 9.59 Å². The number of hydrogen-bond acceptors (Lipinski definition) is 3. The van der Waals surface area contributed by atoms with Crippen LogP contribution in [0.25, 0.3) is 0 Å². The van der Waals surface area contributed by atoms with Crippen molar-refractivity contribution < 1.29 is 14.3 Å². The van der Waals surface area contributed by atoms with Gasteiger partial charge in [0.25, 0.3) is 0 Å². The zero-order chi connectivity index (χ0) is 7.02. The molecule has 0 unspecified atom stereocenters. The van der Waals surface area contributed by atoms with Crippen molar-refractivity contribution in [3.05, 3.63) is 0 Å². The van der Waals surface area contributed by atoms with E-state index < -0.39 is 11.9 Å². The highest BCUT2D eigenvalue weighted by Crippen LogP contribution is 2.21. The summed E-state index contributed by atoms with van der Waals surface area (Å²) in [5, 5.41) is 0. The van der Waals surface area contributed by atoms with E-state index in [9.17, 15) is 9.59 Å². The molecular formula is C6H8O3. The second-order valence-electron chi connectivity index (χ2n) is 2.32. The molecule has 50 valence electrons. The monoisotopic (exact) mass is 128 g/mol. The van der Waals surface area contributed by atoms with Gasteiger partial charge < -0.3 is 4.74 Å². The van der Waals surface area contributed by atoms with E-state index in [-0.39, 0.29) is 11.8 Å². The third-order valence-corrected chi connectivity index (χ3v) is 1.69. The molecule has 0 aromatic heterocycles. The molecule has 0 N–H and O–H groups in total. The van der Waals surface area contributed by atoms with E-state index in [0.717, 1.165) is 0 Å². The second kappa shape index (κ2) is 1.83. The Morgan fingerprint density at radius 3 is 1.56 bits per heavy atom. The SMILES string of the molecule is C[C@H]1C(=O)OC(=O)[C@@H]1C. The highest BCUT2D eigenvalue weighted by molar-refractivity contribution is 5.95. The van der Waals surface area contributed by atoms with Gasteiger partial charge in [0.2, 0.25) is 0 Å². The first-order chi connectivity index (χ1) is 4.13. The number of hydrogen-bond donors (Lipinski definition) is 0. The van der Waals surface area contributed by atoms with Crippen molar-refractivity contribution in [3.8, 4) is 0 Å². The fraction of sp³-hybridized carbons (Fsp3) is 0.667. The van der Waals surface area contributed by atoms with E-state index in [1.54, 1.807) is 13.8 Å². The molecule has 0 amide bonds. The van der Waals surface area contributed by atoms with Crippen molar-refractivity contribution in [3.63, 3.8) is 0 Å². The van der Waals surface area contributed by atoms with Crippen LogP contribution in [0.15, 0.2) is 0 Å². The van der Waals surface area contributed by atoms with Crippen molar-refractivity contribution in [2.45, 2.75) is 13.8 Å². The Morgan fingerprint density at radius 2 is 1.44 bits per heavy atom. The Hall–Kier alpha value is -0.860. The molecule has 1 heterocycles. The number of rotatable bonds is 0. The molecule has 3 heteroatoms. The van der Waals surface area contributed by atoms with Crippen molar-refractivity contribution in [1.82, 2.24) is 0 Å². The Kier molecular flexibility index (Phi) is 1.27. The van der Waals surface area contributed by atoms with Crippen molar-refractivity contribution in [2.24, 2.45) is 11.8 Å². The predicted molar refractivity (Wildman–Crippen MR) is 29.4 cm³/mol. The second-order valence-corrected chi connectivity index (χ2v) is 2.32. The molecule has 0 radical (unpaired) electrons. The summed E-state index contributed by atoms with van der Waals surface area (Å²) in [4.78, 5) is 21.1. The van der Waals surface area contributed by atoms with Crippen LogP contribution < -0.4 is 0 Å². The zero-order valence-corrected chi connectivity index (χ0v) is 5.38.